The molecule has 3 heterocycles. The molecule has 2 aliphatic heterocycles. The summed E-state index contributed by atoms with van der Waals surface area (Å²) in [5.74, 6) is 1.16. The van der Waals surface area contributed by atoms with E-state index in [2.05, 4.69) is 9.88 Å². The third-order valence-electron chi connectivity index (χ3n) is 5.16. The minimum Gasteiger partial charge on any atom is -0.375 e. The average Bonchev–Trinajstić information content (AvgIpc) is 3.30. The van der Waals surface area contributed by atoms with Gasteiger partial charge in [-0.1, -0.05) is 23.2 Å². The van der Waals surface area contributed by atoms with Crippen molar-refractivity contribution in [3.63, 3.8) is 0 Å². The minimum atomic E-state index is -0.0883. The molecule has 0 aromatic carbocycles. The highest BCUT2D eigenvalue weighted by Gasteiger charge is 2.39. The number of hydrogen-bond donors (Lipinski definition) is 0. The molecule has 24 heavy (non-hydrogen) atoms. The van der Waals surface area contributed by atoms with Crippen LogP contribution in [0.15, 0.2) is 12.3 Å². The number of carbonyl (C=O) groups excluding carboxylic acids is 1. The molecule has 0 bridgehead atoms. The number of pyridine rings is 1. The maximum absolute atomic E-state index is 12.8. The predicted octanol–water partition coefficient (Wildman–Crippen LogP) is 2.57. The van der Waals surface area contributed by atoms with Crippen LogP contribution in [0.2, 0.25) is 10.2 Å². The Kier molecular flexibility index (Phi) is 4.69. The molecule has 2 atom stereocenters. The van der Waals surface area contributed by atoms with Crippen LogP contribution in [-0.4, -0.2) is 66.1 Å². The van der Waals surface area contributed by atoms with Crippen LogP contribution in [0.1, 0.15) is 23.2 Å². The van der Waals surface area contributed by atoms with Crippen molar-refractivity contribution >= 4 is 29.1 Å². The van der Waals surface area contributed by atoms with E-state index in [1.807, 2.05) is 4.90 Å². The number of aromatic nitrogens is 1. The fraction of sp³-hybridized carbons (Fsp3) is 0.647. The maximum atomic E-state index is 12.8. The largest absolute Gasteiger partial charge is 0.375 e. The van der Waals surface area contributed by atoms with Gasteiger partial charge in [0.1, 0.15) is 5.15 Å². The first-order valence-corrected chi connectivity index (χ1v) is 9.30. The summed E-state index contributed by atoms with van der Waals surface area (Å²) in [5, 5.41) is 0.644. The molecule has 0 N–H and O–H groups in total. The first-order chi connectivity index (χ1) is 11.6. The number of ether oxygens (including phenoxy) is 1. The Morgan fingerprint density at radius 3 is 2.88 bits per heavy atom. The quantitative estimate of drug-likeness (QED) is 0.768. The van der Waals surface area contributed by atoms with E-state index in [1.165, 1.54) is 31.6 Å². The highest BCUT2D eigenvalue weighted by Crippen LogP contribution is 2.32. The number of amides is 1. The Labute approximate surface area is 151 Å². The molecule has 4 rings (SSSR count). The number of hydrogen-bond acceptors (Lipinski definition) is 4. The summed E-state index contributed by atoms with van der Waals surface area (Å²) in [5.41, 5.74) is 0.410. The van der Waals surface area contributed by atoms with Crippen LogP contribution < -0.4 is 0 Å². The van der Waals surface area contributed by atoms with Gasteiger partial charge in [-0.15, -0.1) is 0 Å². The summed E-state index contributed by atoms with van der Waals surface area (Å²) in [6.45, 7) is 5.28. The lowest BCUT2D eigenvalue weighted by Gasteiger charge is -2.23. The van der Waals surface area contributed by atoms with E-state index in [0.717, 1.165) is 25.6 Å². The summed E-state index contributed by atoms with van der Waals surface area (Å²) in [6, 6.07) is 1.51. The summed E-state index contributed by atoms with van der Waals surface area (Å²) in [6.07, 6.45) is 4.30. The van der Waals surface area contributed by atoms with Crippen molar-refractivity contribution < 1.29 is 9.53 Å². The SMILES string of the molecule is O=C(c1cnc(Cl)cc1Cl)N1C[C@@H]2CN(CC3CC3)CCO[C@@H]2C1. The zero-order chi connectivity index (χ0) is 16.7. The van der Waals surface area contributed by atoms with Crippen molar-refractivity contribution in [3.05, 3.63) is 28.0 Å². The zero-order valence-electron chi connectivity index (χ0n) is 13.5. The Balaban J connectivity index is 1.43. The van der Waals surface area contributed by atoms with E-state index < -0.39 is 0 Å². The number of nitrogens with zero attached hydrogens (tertiary/aromatic N) is 3. The van der Waals surface area contributed by atoms with Crippen molar-refractivity contribution in [1.29, 1.82) is 0 Å². The third-order valence-corrected chi connectivity index (χ3v) is 5.68. The van der Waals surface area contributed by atoms with Gasteiger partial charge in [-0.3, -0.25) is 4.79 Å². The molecular weight excluding hydrogens is 349 g/mol. The molecule has 3 fully saturated rings. The first kappa shape index (κ1) is 16.6. The van der Waals surface area contributed by atoms with E-state index in [1.54, 1.807) is 0 Å². The first-order valence-electron chi connectivity index (χ1n) is 8.54. The van der Waals surface area contributed by atoms with Gasteiger partial charge in [0.15, 0.2) is 0 Å². The molecule has 130 valence electrons. The normalized spacial score (nSPS) is 27.8. The molecule has 3 aliphatic rings. The van der Waals surface area contributed by atoms with Gasteiger partial charge in [-0.2, -0.15) is 0 Å². The van der Waals surface area contributed by atoms with Gasteiger partial charge in [-0.05, 0) is 24.8 Å². The smallest absolute Gasteiger partial charge is 0.257 e. The topological polar surface area (TPSA) is 45.7 Å². The second-order valence-electron chi connectivity index (χ2n) is 7.07. The van der Waals surface area contributed by atoms with Crippen LogP contribution in [0.25, 0.3) is 0 Å². The van der Waals surface area contributed by atoms with Crippen LogP contribution in [0.4, 0.5) is 0 Å². The van der Waals surface area contributed by atoms with Crippen LogP contribution in [0.3, 0.4) is 0 Å². The van der Waals surface area contributed by atoms with Crippen molar-refractivity contribution in [2.24, 2.45) is 11.8 Å². The Morgan fingerprint density at radius 2 is 2.12 bits per heavy atom. The lowest BCUT2D eigenvalue weighted by Crippen LogP contribution is -2.35. The number of rotatable bonds is 3. The standard InChI is InChI=1S/C17H21Cl2N3O2/c18-14-5-16(19)20-6-13(14)17(23)22-9-12-8-21(7-11-1-2-11)3-4-24-15(12)10-22/h5-6,11-12,15H,1-4,7-10H2/t12-,15+/m0/s1. The van der Waals surface area contributed by atoms with Crippen LogP contribution in [0.5, 0.6) is 0 Å². The number of halogens is 2. The predicted molar refractivity (Wildman–Crippen MR) is 92.6 cm³/mol. The van der Waals surface area contributed by atoms with Gasteiger partial charge < -0.3 is 14.5 Å². The maximum Gasteiger partial charge on any atom is 0.257 e. The Bertz CT molecular complexity index is 638. The van der Waals surface area contributed by atoms with Gasteiger partial charge in [0.25, 0.3) is 5.91 Å². The van der Waals surface area contributed by atoms with E-state index in [9.17, 15) is 4.79 Å². The van der Waals surface area contributed by atoms with E-state index in [4.69, 9.17) is 27.9 Å². The van der Waals surface area contributed by atoms with Crippen LogP contribution >= 0.6 is 23.2 Å². The molecule has 1 saturated carbocycles. The van der Waals surface area contributed by atoms with Gasteiger partial charge in [0, 0.05) is 44.8 Å². The molecule has 0 radical (unpaired) electrons. The summed E-state index contributed by atoms with van der Waals surface area (Å²) < 4.78 is 6.02. The summed E-state index contributed by atoms with van der Waals surface area (Å²) in [7, 11) is 0. The number of fused-ring (bicyclic) bond motifs is 1. The highest BCUT2D eigenvalue weighted by atomic mass is 35.5. The van der Waals surface area contributed by atoms with Crippen molar-refractivity contribution in [2.75, 3.05) is 39.3 Å². The molecule has 0 spiro atoms. The van der Waals surface area contributed by atoms with Crippen LogP contribution in [-0.2, 0) is 4.74 Å². The second-order valence-corrected chi connectivity index (χ2v) is 7.86. The molecule has 1 aromatic rings. The molecule has 2 saturated heterocycles. The Morgan fingerprint density at radius 1 is 1.29 bits per heavy atom. The highest BCUT2D eigenvalue weighted by molar-refractivity contribution is 6.36. The van der Waals surface area contributed by atoms with Crippen LogP contribution in [0, 0.1) is 11.8 Å². The number of likely N-dealkylation sites (tertiary alicyclic amines) is 1. The van der Waals surface area contributed by atoms with E-state index in [0.29, 0.717) is 34.7 Å². The molecule has 0 unspecified atom stereocenters. The van der Waals surface area contributed by atoms with E-state index >= 15 is 0 Å². The molecule has 7 heteroatoms. The fourth-order valence-electron chi connectivity index (χ4n) is 3.69. The van der Waals surface area contributed by atoms with Crippen molar-refractivity contribution in [2.45, 2.75) is 18.9 Å². The zero-order valence-corrected chi connectivity index (χ0v) is 15.0. The van der Waals surface area contributed by atoms with Gasteiger partial charge in [0.2, 0.25) is 0 Å². The number of carbonyl (C=O) groups is 1. The monoisotopic (exact) mass is 369 g/mol. The fourth-order valence-corrected chi connectivity index (χ4v) is 4.14. The van der Waals surface area contributed by atoms with Crippen molar-refractivity contribution in [1.82, 2.24) is 14.8 Å². The lowest BCUT2D eigenvalue weighted by atomic mass is 10.1. The molecule has 5 nitrogen and oxygen atoms in total. The second kappa shape index (κ2) is 6.79. The lowest BCUT2D eigenvalue weighted by molar-refractivity contribution is 0.0484. The third kappa shape index (κ3) is 3.54. The van der Waals surface area contributed by atoms with Gasteiger partial charge in [-0.25, -0.2) is 4.98 Å². The summed E-state index contributed by atoms with van der Waals surface area (Å²) >= 11 is 12.0. The van der Waals surface area contributed by atoms with Gasteiger partial charge >= 0.3 is 0 Å². The average molecular weight is 370 g/mol. The summed E-state index contributed by atoms with van der Waals surface area (Å²) in [4.78, 5) is 21.1. The molecule has 1 aromatic heterocycles. The van der Waals surface area contributed by atoms with Crippen molar-refractivity contribution in [3.8, 4) is 0 Å². The molecular formula is C17H21Cl2N3O2. The molecule has 1 aliphatic carbocycles. The van der Waals surface area contributed by atoms with E-state index in [-0.39, 0.29) is 12.0 Å². The Hall–Kier alpha value is -0.880. The minimum absolute atomic E-state index is 0.0883. The molecule has 1 amide bonds. The van der Waals surface area contributed by atoms with Gasteiger partial charge in [0.05, 0.1) is 23.3 Å².